The lowest BCUT2D eigenvalue weighted by Crippen LogP contribution is -2.37. The minimum Gasteiger partial charge on any atom is -0.481 e. The lowest BCUT2D eigenvalue weighted by Gasteiger charge is -2.23. The van der Waals surface area contributed by atoms with E-state index in [4.69, 9.17) is 5.73 Å². The van der Waals surface area contributed by atoms with E-state index in [1.807, 2.05) is 0 Å². The van der Waals surface area contributed by atoms with Crippen molar-refractivity contribution in [3.63, 3.8) is 0 Å². The number of carbonyl (C=O) groups is 3. The Morgan fingerprint density at radius 3 is 2.74 bits per heavy atom. The summed E-state index contributed by atoms with van der Waals surface area (Å²) in [4.78, 5) is 47.8. The van der Waals surface area contributed by atoms with Crippen LogP contribution in [0.25, 0.3) is 0 Å². The van der Waals surface area contributed by atoms with Gasteiger partial charge in [0.25, 0.3) is 5.69 Å². The van der Waals surface area contributed by atoms with E-state index >= 15 is 0 Å². The third kappa shape index (κ3) is 3.48. The lowest BCUT2D eigenvalue weighted by atomic mass is 9.81. The molecule has 0 unspecified atom stereocenters. The molecule has 0 radical (unpaired) electrons. The first-order valence-electron chi connectivity index (χ1n) is 8.47. The second-order valence-corrected chi connectivity index (χ2v) is 7.93. The SMILES string of the molecule is NC(=O)c1ccc(SCC(=O)N2C[C@@H]3CCC[C@@]3(C(=O)O)C2)c([N+](=O)[O-])c1. The zero-order chi connectivity index (χ0) is 19.8. The van der Waals surface area contributed by atoms with Crippen molar-refractivity contribution < 1.29 is 24.4 Å². The fourth-order valence-corrected chi connectivity index (χ4v) is 4.90. The van der Waals surface area contributed by atoms with Crippen molar-refractivity contribution in [2.24, 2.45) is 17.1 Å². The Kier molecular flexibility index (Phi) is 5.09. The summed E-state index contributed by atoms with van der Waals surface area (Å²) in [6.07, 6.45) is 2.22. The average Bonchev–Trinajstić information content (AvgIpc) is 3.17. The largest absolute Gasteiger partial charge is 0.481 e. The van der Waals surface area contributed by atoms with Gasteiger partial charge in [0.15, 0.2) is 0 Å². The summed E-state index contributed by atoms with van der Waals surface area (Å²) in [5.41, 5.74) is 4.02. The molecule has 0 bridgehead atoms. The van der Waals surface area contributed by atoms with Crippen LogP contribution in [0.3, 0.4) is 0 Å². The van der Waals surface area contributed by atoms with Gasteiger partial charge < -0.3 is 15.7 Å². The minimum absolute atomic E-state index is 0.0214. The molecular weight excluding hydrogens is 374 g/mol. The molecule has 0 spiro atoms. The van der Waals surface area contributed by atoms with E-state index in [0.29, 0.717) is 13.0 Å². The van der Waals surface area contributed by atoms with Gasteiger partial charge >= 0.3 is 5.97 Å². The highest BCUT2D eigenvalue weighted by Gasteiger charge is 2.55. The van der Waals surface area contributed by atoms with Crippen LogP contribution in [-0.2, 0) is 9.59 Å². The molecule has 1 aromatic carbocycles. The Bertz CT molecular complexity index is 829. The highest BCUT2D eigenvalue weighted by molar-refractivity contribution is 8.00. The molecule has 2 atom stereocenters. The van der Waals surface area contributed by atoms with E-state index in [-0.39, 0.29) is 40.3 Å². The van der Waals surface area contributed by atoms with E-state index in [9.17, 15) is 29.6 Å². The fourth-order valence-electron chi connectivity index (χ4n) is 4.00. The van der Waals surface area contributed by atoms with Gasteiger partial charge in [0.1, 0.15) is 0 Å². The van der Waals surface area contributed by atoms with Crippen LogP contribution < -0.4 is 5.73 Å². The molecule has 10 heteroatoms. The number of rotatable bonds is 6. The van der Waals surface area contributed by atoms with Gasteiger partial charge in [-0.2, -0.15) is 0 Å². The van der Waals surface area contributed by atoms with Crippen LogP contribution in [0.2, 0.25) is 0 Å². The number of nitro benzene ring substituents is 1. The zero-order valence-electron chi connectivity index (χ0n) is 14.4. The molecule has 1 aromatic rings. The highest BCUT2D eigenvalue weighted by atomic mass is 32.2. The van der Waals surface area contributed by atoms with Gasteiger partial charge in [-0.3, -0.25) is 24.5 Å². The number of nitrogens with two attached hydrogens (primary N) is 1. The molecule has 0 aromatic heterocycles. The van der Waals surface area contributed by atoms with Gasteiger partial charge in [-0.15, -0.1) is 11.8 Å². The third-order valence-electron chi connectivity index (χ3n) is 5.44. The number of carboxylic acid groups (broad SMARTS) is 1. The second-order valence-electron chi connectivity index (χ2n) is 6.92. The van der Waals surface area contributed by atoms with E-state index in [0.717, 1.165) is 30.7 Å². The van der Waals surface area contributed by atoms with Crippen molar-refractivity contribution in [2.45, 2.75) is 24.2 Å². The van der Waals surface area contributed by atoms with Gasteiger partial charge in [-0.1, -0.05) is 6.42 Å². The maximum absolute atomic E-state index is 12.5. The minimum atomic E-state index is -0.856. The Hall–Kier alpha value is -2.62. The van der Waals surface area contributed by atoms with Crippen LogP contribution in [0.1, 0.15) is 29.6 Å². The molecule has 2 aliphatic rings. The van der Waals surface area contributed by atoms with Crippen molar-refractivity contribution in [1.29, 1.82) is 0 Å². The molecule has 2 fully saturated rings. The summed E-state index contributed by atoms with van der Waals surface area (Å²) in [5, 5.41) is 20.8. The number of likely N-dealkylation sites (tertiary alicyclic amines) is 1. The number of thioether (sulfide) groups is 1. The molecule has 1 aliphatic carbocycles. The molecule has 3 rings (SSSR count). The normalized spacial score (nSPS) is 23.9. The predicted molar refractivity (Wildman–Crippen MR) is 96.3 cm³/mol. The molecule has 144 valence electrons. The number of amides is 2. The van der Waals surface area contributed by atoms with Gasteiger partial charge in [0, 0.05) is 24.7 Å². The van der Waals surface area contributed by atoms with Crippen molar-refractivity contribution in [1.82, 2.24) is 4.90 Å². The van der Waals surface area contributed by atoms with Gasteiger partial charge in [-0.05, 0) is 30.9 Å². The smallest absolute Gasteiger partial charge is 0.311 e. The molecule has 27 heavy (non-hydrogen) atoms. The van der Waals surface area contributed by atoms with E-state index in [1.165, 1.54) is 12.1 Å². The molecule has 1 heterocycles. The van der Waals surface area contributed by atoms with Crippen molar-refractivity contribution in [3.8, 4) is 0 Å². The monoisotopic (exact) mass is 393 g/mol. The molecule has 1 saturated carbocycles. The lowest BCUT2D eigenvalue weighted by molar-refractivity contribution is -0.387. The Morgan fingerprint density at radius 1 is 1.41 bits per heavy atom. The van der Waals surface area contributed by atoms with E-state index in [1.54, 1.807) is 4.90 Å². The number of hydrogen-bond donors (Lipinski definition) is 2. The van der Waals surface area contributed by atoms with Crippen molar-refractivity contribution >= 4 is 35.2 Å². The first-order valence-corrected chi connectivity index (χ1v) is 9.45. The topological polar surface area (TPSA) is 144 Å². The number of nitrogens with zero attached hydrogens (tertiary/aromatic N) is 2. The van der Waals surface area contributed by atoms with Crippen LogP contribution in [0.15, 0.2) is 23.1 Å². The molecule has 2 amide bonds. The van der Waals surface area contributed by atoms with Crippen molar-refractivity contribution in [2.75, 3.05) is 18.8 Å². The molecular formula is C17H19N3O6S. The van der Waals surface area contributed by atoms with Crippen LogP contribution in [-0.4, -0.2) is 51.6 Å². The first kappa shape index (κ1) is 19.2. The summed E-state index contributed by atoms with van der Waals surface area (Å²) >= 11 is 0.994. The first-order chi connectivity index (χ1) is 12.7. The van der Waals surface area contributed by atoms with Crippen LogP contribution in [0.4, 0.5) is 5.69 Å². The second kappa shape index (κ2) is 7.18. The summed E-state index contributed by atoms with van der Waals surface area (Å²) in [6.45, 7) is 0.601. The number of nitro groups is 1. The third-order valence-corrected chi connectivity index (χ3v) is 6.49. The highest BCUT2D eigenvalue weighted by Crippen LogP contribution is 2.49. The quantitative estimate of drug-likeness (QED) is 0.423. The predicted octanol–water partition coefficient (Wildman–Crippen LogP) is 1.50. The molecule has 3 N–H and O–H groups in total. The Labute approximate surface area is 159 Å². The number of carboxylic acids is 1. The number of primary amides is 1. The van der Waals surface area contributed by atoms with Gasteiger partial charge in [0.05, 0.1) is 21.0 Å². The Balaban J connectivity index is 1.69. The fraction of sp³-hybridized carbons (Fsp3) is 0.471. The van der Waals surface area contributed by atoms with Gasteiger partial charge in [0.2, 0.25) is 11.8 Å². The number of aliphatic carboxylic acids is 1. The van der Waals surface area contributed by atoms with Crippen molar-refractivity contribution in [3.05, 3.63) is 33.9 Å². The summed E-state index contributed by atoms with van der Waals surface area (Å²) in [6, 6.07) is 3.87. The number of carbonyl (C=O) groups excluding carboxylic acids is 2. The maximum Gasteiger partial charge on any atom is 0.311 e. The number of fused-ring (bicyclic) bond motifs is 1. The number of hydrogen-bond acceptors (Lipinski definition) is 6. The number of benzene rings is 1. The van der Waals surface area contributed by atoms with Crippen LogP contribution >= 0.6 is 11.8 Å². The van der Waals surface area contributed by atoms with E-state index in [2.05, 4.69) is 0 Å². The molecule has 1 aliphatic heterocycles. The average molecular weight is 393 g/mol. The summed E-state index contributed by atoms with van der Waals surface area (Å²) in [7, 11) is 0. The molecule has 1 saturated heterocycles. The van der Waals surface area contributed by atoms with Gasteiger partial charge in [-0.25, -0.2) is 0 Å². The standard InChI is InChI=1S/C17H19N3O6S/c18-15(22)10-3-4-13(12(6-10)20(25)26)27-8-14(21)19-7-11-2-1-5-17(11,9-19)16(23)24/h3-4,6,11H,1-2,5,7-9H2,(H2,18,22)(H,23,24)/t11-,17+/m0/s1. The van der Waals surface area contributed by atoms with E-state index < -0.39 is 22.2 Å². The summed E-state index contributed by atoms with van der Waals surface area (Å²) in [5.74, 6) is -1.95. The summed E-state index contributed by atoms with van der Waals surface area (Å²) < 4.78 is 0. The zero-order valence-corrected chi connectivity index (χ0v) is 15.2. The Morgan fingerprint density at radius 2 is 2.15 bits per heavy atom. The molecule has 9 nitrogen and oxygen atoms in total. The van der Waals surface area contributed by atoms with Crippen LogP contribution in [0, 0.1) is 21.4 Å². The maximum atomic E-state index is 12.5. The van der Waals surface area contributed by atoms with Crippen LogP contribution in [0.5, 0.6) is 0 Å².